The summed E-state index contributed by atoms with van der Waals surface area (Å²) in [5, 5.41) is 7.99. The minimum Gasteiger partial charge on any atom is -0.466 e. The van der Waals surface area contributed by atoms with E-state index in [4.69, 9.17) is 19.6 Å². The van der Waals surface area contributed by atoms with E-state index in [2.05, 4.69) is 0 Å². The molecule has 0 fully saturated rings. The van der Waals surface area contributed by atoms with Gasteiger partial charge in [-0.05, 0) is 25.5 Å². The zero-order valence-corrected chi connectivity index (χ0v) is 12.6. The smallest absolute Gasteiger partial charge is 0.319 e. The van der Waals surface area contributed by atoms with Crippen LogP contribution in [0.5, 0.6) is 5.75 Å². The van der Waals surface area contributed by atoms with Crippen molar-refractivity contribution in [3.8, 4) is 5.75 Å². The van der Waals surface area contributed by atoms with Crippen LogP contribution >= 0.6 is 0 Å². The predicted octanol–water partition coefficient (Wildman–Crippen LogP) is 2.27. The molecule has 0 saturated heterocycles. The van der Waals surface area contributed by atoms with Crippen LogP contribution in [0, 0.1) is 11.3 Å². The fourth-order valence-corrected chi connectivity index (χ4v) is 2.55. The molecule has 0 saturated carbocycles. The maximum absolute atomic E-state index is 12.2. The van der Waals surface area contributed by atoms with E-state index < -0.39 is 23.8 Å². The Morgan fingerprint density at radius 3 is 2.55 bits per heavy atom. The van der Waals surface area contributed by atoms with E-state index in [0.29, 0.717) is 11.3 Å². The predicted molar refractivity (Wildman–Crippen MR) is 78.9 cm³/mol. The molecule has 0 aromatic heterocycles. The van der Waals surface area contributed by atoms with Crippen molar-refractivity contribution in [2.45, 2.75) is 26.2 Å². The van der Waals surface area contributed by atoms with Gasteiger partial charge in [-0.1, -0.05) is 18.2 Å². The monoisotopic (exact) mass is 305 g/mol. The molecule has 1 aromatic carbocycles. The number of carbonyl (C=O) groups excluding carboxylic acids is 2. The molecule has 1 aliphatic rings. The van der Waals surface area contributed by atoms with Crippen LogP contribution in [0.25, 0.3) is 0 Å². The lowest BCUT2D eigenvalue weighted by Gasteiger charge is -2.31. The first-order valence-electron chi connectivity index (χ1n) is 7.25. The number of fused-ring (bicyclic) bond motifs is 1. The maximum Gasteiger partial charge on any atom is 0.319 e. The highest BCUT2D eigenvalue weighted by atomic mass is 16.5. The Morgan fingerprint density at radius 1 is 1.18 bits per heavy atom. The van der Waals surface area contributed by atoms with Crippen LogP contribution in [0.15, 0.2) is 24.3 Å². The lowest BCUT2D eigenvalue weighted by atomic mass is 9.81. The van der Waals surface area contributed by atoms with Crippen LogP contribution in [-0.4, -0.2) is 31.1 Å². The van der Waals surface area contributed by atoms with Gasteiger partial charge in [0.1, 0.15) is 11.7 Å². The number of nitrogens with one attached hydrogen (secondary N) is 1. The van der Waals surface area contributed by atoms with E-state index >= 15 is 0 Å². The summed E-state index contributed by atoms with van der Waals surface area (Å²) < 4.78 is 15.4. The van der Waals surface area contributed by atoms with E-state index in [9.17, 15) is 9.59 Å². The topological polar surface area (TPSA) is 85.7 Å². The Labute approximate surface area is 128 Å². The van der Waals surface area contributed by atoms with Crippen molar-refractivity contribution < 1.29 is 23.8 Å². The molecule has 0 aliphatic carbocycles. The standard InChI is InChI=1S/C16H19NO5/c1-3-20-13(18)9-11-10-7-5-6-8-12(10)22-15(17)14(11)16(19)21-4-2/h5-8,11,14,17H,3-4,9H2,1-2H3. The Balaban J connectivity index is 2.36. The van der Waals surface area contributed by atoms with Crippen molar-refractivity contribution in [3.63, 3.8) is 0 Å². The molecule has 2 unspecified atom stereocenters. The van der Waals surface area contributed by atoms with Gasteiger partial charge in [0.05, 0.1) is 19.6 Å². The second-order valence-corrected chi connectivity index (χ2v) is 4.85. The van der Waals surface area contributed by atoms with Gasteiger partial charge in [0.2, 0.25) is 5.90 Å². The highest BCUT2D eigenvalue weighted by Gasteiger charge is 2.42. The van der Waals surface area contributed by atoms with Gasteiger partial charge in [-0.25, -0.2) is 0 Å². The molecule has 1 aliphatic heterocycles. The van der Waals surface area contributed by atoms with Gasteiger partial charge < -0.3 is 14.2 Å². The number of para-hydroxylation sites is 1. The van der Waals surface area contributed by atoms with Crippen molar-refractivity contribution >= 4 is 17.8 Å². The van der Waals surface area contributed by atoms with Gasteiger partial charge in [-0.3, -0.25) is 15.0 Å². The largest absolute Gasteiger partial charge is 0.466 e. The lowest BCUT2D eigenvalue weighted by molar-refractivity contribution is -0.148. The average molecular weight is 305 g/mol. The molecular formula is C16H19NO5. The summed E-state index contributed by atoms with van der Waals surface area (Å²) in [5.74, 6) is -2.13. The van der Waals surface area contributed by atoms with Crippen LogP contribution < -0.4 is 4.74 Å². The Morgan fingerprint density at radius 2 is 1.86 bits per heavy atom. The first-order valence-corrected chi connectivity index (χ1v) is 7.25. The lowest BCUT2D eigenvalue weighted by Crippen LogP contribution is -2.39. The summed E-state index contributed by atoms with van der Waals surface area (Å²) in [5.41, 5.74) is 0.713. The molecule has 2 atom stereocenters. The van der Waals surface area contributed by atoms with Crippen molar-refractivity contribution in [3.05, 3.63) is 29.8 Å². The highest BCUT2D eigenvalue weighted by molar-refractivity contribution is 6.00. The van der Waals surface area contributed by atoms with Crippen molar-refractivity contribution in [1.82, 2.24) is 0 Å². The summed E-state index contributed by atoms with van der Waals surface area (Å²) in [6.07, 6.45) is 0.0000737. The first kappa shape index (κ1) is 16.0. The van der Waals surface area contributed by atoms with Crippen molar-refractivity contribution in [2.75, 3.05) is 13.2 Å². The van der Waals surface area contributed by atoms with Gasteiger partial charge in [0.25, 0.3) is 0 Å². The fourth-order valence-electron chi connectivity index (χ4n) is 2.55. The van der Waals surface area contributed by atoms with Crippen molar-refractivity contribution in [1.29, 1.82) is 5.41 Å². The first-order chi connectivity index (χ1) is 10.6. The summed E-state index contributed by atoms with van der Waals surface area (Å²) in [4.78, 5) is 24.0. The van der Waals surface area contributed by atoms with E-state index in [1.165, 1.54) is 0 Å². The Bertz CT molecular complexity index is 584. The highest BCUT2D eigenvalue weighted by Crippen LogP contribution is 2.40. The maximum atomic E-state index is 12.2. The molecule has 0 radical (unpaired) electrons. The summed E-state index contributed by atoms with van der Waals surface area (Å²) >= 11 is 0. The Kier molecular flexibility index (Phi) is 5.14. The van der Waals surface area contributed by atoms with Gasteiger partial charge >= 0.3 is 11.9 Å². The molecule has 118 valence electrons. The molecular weight excluding hydrogens is 286 g/mol. The third-order valence-electron chi connectivity index (χ3n) is 3.46. The number of ether oxygens (including phenoxy) is 3. The van der Waals surface area contributed by atoms with Crippen LogP contribution in [0.3, 0.4) is 0 Å². The number of hydrogen-bond donors (Lipinski definition) is 1. The van der Waals surface area contributed by atoms with Crippen LogP contribution in [0.2, 0.25) is 0 Å². The normalized spacial score (nSPS) is 19.8. The molecule has 6 heteroatoms. The second-order valence-electron chi connectivity index (χ2n) is 4.85. The van der Waals surface area contributed by atoms with Crippen LogP contribution in [0.1, 0.15) is 31.7 Å². The van der Waals surface area contributed by atoms with Gasteiger partial charge in [-0.2, -0.15) is 0 Å². The summed E-state index contributed by atoms with van der Waals surface area (Å²) in [7, 11) is 0. The molecule has 1 heterocycles. The third kappa shape index (κ3) is 3.27. The van der Waals surface area contributed by atoms with E-state index in [1.54, 1.807) is 38.1 Å². The molecule has 0 bridgehead atoms. The van der Waals surface area contributed by atoms with E-state index in [-0.39, 0.29) is 25.5 Å². The number of rotatable bonds is 5. The molecule has 6 nitrogen and oxygen atoms in total. The fraction of sp³-hybridized carbons (Fsp3) is 0.438. The molecule has 2 rings (SSSR count). The van der Waals surface area contributed by atoms with Gasteiger partial charge in [0.15, 0.2) is 0 Å². The number of carbonyl (C=O) groups is 2. The van der Waals surface area contributed by atoms with Crippen molar-refractivity contribution in [2.24, 2.45) is 5.92 Å². The molecule has 0 amide bonds. The number of benzene rings is 1. The second kappa shape index (κ2) is 7.06. The quantitative estimate of drug-likeness (QED) is 0.843. The Hall–Kier alpha value is -2.37. The SMILES string of the molecule is CCOC(=O)CC1c2ccccc2OC(=N)C1C(=O)OCC. The third-order valence-corrected chi connectivity index (χ3v) is 3.46. The average Bonchev–Trinajstić information content (AvgIpc) is 2.47. The number of esters is 2. The molecule has 22 heavy (non-hydrogen) atoms. The number of hydrogen-bond acceptors (Lipinski definition) is 6. The molecule has 0 spiro atoms. The zero-order valence-electron chi connectivity index (χ0n) is 12.6. The van der Waals surface area contributed by atoms with Crippen LogP contribution in [0.4, 0.5) is 0 Å². The van der Waals surface area contributed by atoms with E-state index in [1.807, 2.05) is 0 Å². The minimum atomic E-state index is -0.931. The van der Waals surface area contributed by atoms with Crippen LogP contribution in [-0.2, 0) is 19.1 Å². The molecule has 1 N–H and O–H groups in total. The molecule has 1 aromatic rings. The summed E-state index contributed by atoms with van der Waals surface area (Å²) in [6, 6.07) is 7.08. The van der Waals surface area contributed by atoms with Gasteiger partial charge in [-0.15, -0.1) is 0 Å². The minimum absolute atomic E-state index is 0.0000737. The van der Waals surface area contributed by atoms with Gasteiger partial charge in [0, 0.05) is 5.92 Å². The zero-order chi connectivity index (χ0) is 16.1. The van der Waals surface area contributed by atoms with E-state index in [0.717, 1.165) is 0 Å². The summed E-state index contributed by atoms with van der Waals surface area (Å²) in [6.45, 7) is 3.89.